The lowest BCUT2D eigenvalue weighted by Gasteiger charge is -2.28. The summed E-state index contributed by atoms with van der Waals surface area (Å²) in [6.07, 6.45) is 0.176. The van der Waals surface area contributed by atoms with E-state index in [4.69, 9.17) is 34.2 Å². The van der Waals surface area contributed by atoms with Gasteiger partial charge in [-0.1, -0.05) is 35.3 Å². The molecule has 2 aliphatic rings. The minimum Gasteiger partial charge on any atom is -0.370 e. The van der Waals surface area contributed by atoms with Gasteiger partial charge in [0.2, 0.25) is 11.8 Å². The first-order valence-corrected chi connectivity index (χ1v) is 11.6. The fourth-order valence-electron chi connectivity index (χ4n) is 4.66. The molecule has 3 N–H and O–H groups in total. The van der Waals surface area contributed by atoms with E-state index < -0.39 is 29.4 Å². The fraction of sp³-hybridized carbons (Fsp3) is 0.292. The fourth-order valence-corrected chi connectivity index (χ4v) is 5.18. The molecule has 9 nitrogen and oxygen atoms in total. The lowest BCUT2D eigenvalue weighted by molar-refractivity contribution is -0.125. The number of imide groups is 1. The number of anilines is 1. The number of primary amides is 1. The number of nitriles is 1. The largest absolute Gasteiger partial charge is 0.370 e. The Bertz CT molecular complexity index is 1240. The number of nitrogens with one attached hydrogen (secondary N) is 1. The Morgan fingerprint density at radius 3 is 2.37 bits per heavy atom. The molecule has 0 spiro atoms. The third kappa shape index (κ3) is 4.81. The van der Waals surface area contributed by atoms with E-state index in [0.29, 0.717) is 5.56 Å². The summed E-state index contributed by atoms with van der Waals surface area (Å²) in [6.45, 7) is 0.105. The summed E-state index contributed by atoms with van der Waals surface area (Å²) >= 11 is 12.2. The minimum absolute atomic E-state index is 0.0799. The van der Waals surface area contributed by atoms with Crippen LogP contribution in [-0.2, 0) is 20.8 Å². The molecule has 2 aromatic rings. The van der Waals surface area contributed by atoms with Crippen LogP contribution in [0.15, 0.2) is 42.5 Å². The second-order valence-electron chi connectivity index (χ2n) is 8.61. The van der Waals surface area contributed by atoms with Crippen LogP contribution in [0.2, 0.25) is 10.0 Å². The summed E-state index contributed by atoms with van der Waals surface area (Å²) in [4.78, 5) is 53.2. The summed E-state index contributed by atoms with van der Waals surface area (Å²) < 4.78 is 0. The molecular weight excluding hydrogens is 493 g/mol. The van der Waals surface area contributed by atoms with Crippen molar-refractivity contribution in [3.63, 3.8) is 0 Å². The molecule has 5 amide bonds. The summed E-state index contributed by atoms with van der Waals surface area (Å²) in [5, 5.41) is 12.5. The van der Waals surface area contributed by atoms with Crippen molar-refractivity contribution in [2.75, 3.05) is 11.4 Å². The van der Waals surface area contributed by atoms with Crippen molar-refractivity contribution in [2.45, 2.75) is 37.3 Å². The Balaban J connectivity index is 1.66. The van der Waals surface area contributed by atoms with Gasteiger partial charge < -0.3 is 16.0 Å². The van der Waals surface area contributed by atoms with Crippen LogP contribution in [0.3, 0.4) is 0 Å². The third-order valence-corrected chi connectivity index (χ3v) is 6.61. The van der Waals surface area contributed by atoms with E-state index in [1.807, 2.05) is 0 Å². The van der Waals surface area contributed by atoms with Crippen LogP contribution in [-0.4, -0.2) is 46.8 Å². The molecule has 2 aliphatic heterocycles. The maximum atomic E-state index is 13.9. The number of hydrogen-bond acceptors (Lipinski definition) is 5. The topological polar surface area (TPSA) is 137 Å². The van der Waals surface area contributed by atoms with Crippen LogP contribution >= 0.6 is 23.2 Å². The van der Waals surface area contributed by atoms with Crippen molar-refractivity contribution >= 4 is 52.6 Å². The number of fused-ring (bicyclic) bond motifs is 1. The highest BCUT2D eigenvalue weighted by Crippen LogP contribution is 2.43. The predicted molar refractivity (Wildman–Crippen MR) is 129 cm³/mol. The standard InChI is InChI=1S/C24H21Cl2N5O4/c25-16-7-17(26)9-19(8-16)31-22(34)24(10-14-1-3-15(12-27)4-2-14)11-18(13-30(24)23(31)35)29-21(33)6-5-20(28)32/h1-4,7-9,18H,5-6,10-11,13H2,(H2,28,32)(H,29,33)/t18-,24-/m0/s1. The smallest absolute Gasteiger partial charge is 0.332 e. The van der Waals surface area contributed by atoms with Gasteiger partial charge in [-0.3, -0.25) is 14.4 Å². The molecular formula is C24H21Cl2N5O4. The first-order valence-electron chi connectivity index (χ1n) is 10.8. The maximum Gasteiger partial charge on any atom is 0.332 e. The molecule has 2 aromatic carbocycles. The highest BCUT2D eigenvalue weighted by molar-refractivity contribution is 6.35. The first kappa shape index (κ1) is 24.5. The Labute approximate surface area is 211 Å². The van der Waals surface area contributed by atoms with E-state index in [9.17, 15) is 19.2 Å². The van der Waals surface area contributed by atoms with Crippen molar-refractivity contribution in [1.29, 1.82) is 5.26 Å². The third-order valence-electron chi connectivity index (χ3n) is 6.18. The van der Waals surface area contributed by atoms with Crippen LogP contribution < -0.4 is 16.0 Å². The van der Waals surface area contributed by atoms with Gasteiger partial charge in [0, 0.05) is 48.3 Å². The molecule has 0 unspecified atom stereocenters. The van der Waals surface area contributed by atoms with Gasteiger partial charge >= 0.3 is 6.03 Å². The van der Waals surface area contributed by atoms with Gasteiger partial charge in [0.15, 0.2) is 0 Å². The van der Waals surface area contributed by atoms with Gasteiger partial charge in [0.05, 0.1) is 17.3 Å². The summed E-state index contributed by atoms with van der Waals surface area (Å²) in [5.41, 5.74) is 5.34. The number of nitrogens with zero attached hydrogens (tertiary/aromatic N) is 3. The lowest BCUT2D eigenvalue weighted by Crippen LogP contribution is -2.47. The first-order chi connectivity index (χ1) is 16.6. The number of halogens is 2. The van der Waals surface area contributed by atoms with Crippen LogP contribution in [0, 0.1) is 11.3 Å². The predicted octanol–water partition coefficient (Wildman–Crippen LogP) is 2.77. The van der Waals surface area contributed by atoms with Crippen molar-refractivity contribution in [3.05, 3.63) is 63.6 Å². The molecule has 180 valence electrons. The summed E-state index contributed by atoms with van der Waals surface area (Å²) in [6, 6.07) is 12.3. The number of urea groups is 1. The van der Waals surface area contributed by atoms with Crippen molar-refractivity contribution in [1.82, 2.24) is 10.2 Å². The van der Waals surface area contributed by atoms with Gasteiger partial charge in [0.1, 0.15) is 5.54 Å². The zero-order valence-corrected chi connectivity index (χ0v) is 20.0. The molecule has 0 radical (unpaired) electrons. The van der Waals surface area contributed by atoms with Gasteiger partial charge in [0.25, 0.3) is 5.91 Å². The molecule has 2 atom stereocenters. The highest BCUT2D eigenvalue weighted by atomic mass is 35.5. The molecule has 11 heteroatoms. The van der Waals surface area contributed by atoms with Crippen LogP contribution in [0.4, 0.5) is 10.5 Å². The minimum atomic E-state index is -1.26. The Morgan fingerprint density at radius 2 is 1.77 bits per heavy atom. The Morgan fingerprint density at radius 1 is 1.11 bits per heavy atom. The quantitative estimate of drug-likeness (QED) is 0.548. The Kier molecular flexibility index (Phi) is 6.70. The molecule has 0 bridgehead atoms. The number of amides is 5. The zero-order valence-electron chi connectivity index (χ0n) is 18.5. The van der Waals surface area contributed by atoms with E-state index in [2.05, 4.69) is 11.4 Å². The number of rotatable bonds is 7. The zero-order chi connectivity index (χ0) is 25.3. The lowest BCUT2D eigenvalue weighted by atomic mass is 9.86. The molecule has 2 heterocycles. The number of hydrogen-bond donors (Lipinski definition) is 2. The Hall–Kier alpha value is -3.61. The van der Waals surface area contributed by atoms with Crippen LogP contribution in [0.25, 0.3) is 0 Å². The number of nitrogens with two attached hydrogens (primary N) is 1. The van der Waals surface area contributed by atoms with E-state index in [0.717, 1.165) is 10.5 Å². The van der Waals surface area contributed by atoms with Crippen LogP contribution in [0.5, 0.6) is 0 Å². The second kappa shape index (κ2) is 9.56. The van der Waals surface area contributed by atoms with E-state index >= 15 is 0 Å². The normalized spacial score (nSPS) is 21.1. The number of benzene rings is 2. The van der Waals surface area contributed by atoms with Crippen molar-refractivity contribution in [3.8, 4) is 6.07 Å². The maximum absolute atomic E-state index is 13.9. The molecule has 0 saturated carbocycles. The second-order valence-corrected chi connectivity index (χ2v) is 9.49. The van der Waals surface area contributed by atoms with E-state index in [1.54, 1.807) is 24.3 Å². The van der Waals surface area contributed by atoms with Crippen molar-refractivity contribution < 1.29 is 19.2 Å². The average molecular weight is 514 g/mol. The molecule has 2 fully saturated rings. The molecule has 4 rings (SSSR count). The number of carbonyl (C=O) groups excluding carboxylic acids is 4. The van der Waals surface area contributed by atoms with E-state index in [-0.39, 0.29) is 53.9 Å². The molecule has 0 aromatic heterocycles. The molecule has 2 saturated heterocycles. The molecule has 0 aliphatic carbocycles. The van der Waals surface area contributed by atoms with Crippen molar-refractivity contribution in [2.24, 2.45) is 5.73 Å². The SMILES string of the molecule is N#Cc1ccc(C[C@@]23C[C@H](NC(=O)CCC(N)=O)CN2C(=O)N(c2cc(Cl)cc(Cl)c2)C3=O)cc1. The highest BCUT2D eigenvalue weighted by Gasteiger charge is 2.62. The average Bonchev–Trinajstić information content (AvgIpc) is 3.24. The van der Waals surface area contributed by atoms with Gasteiger partial charge in [-0.2, -0.15) is 5.26 Å². The van der Waals surface area contributed by atoms with E-state index in [1.165, 1.54) is 23.1 Å². The van der Waals surface area contributed by atoms with Gasteiger partial charge in [-0.05, 0) is 35.9 Å². The van der Waals surface area contributed by atoms with Gasteiger partial charge in [-0.25, -0.2) is 9.69 Å². The molecule has 35 heavy (non-hydrogen) atoms. The van der Waals surface area contributed by atoms with Crippen LogP contribution in [0.1, 0.15) is 30.4 Å². The monoisotopic (exact) mass is 513 g/mol. The van der Waals surface area contributed by atoms with Gasteiger partial charge in [-0.15, -0.1) is 0 Å². The summed E-state index contributed by atoms with van der Waals surface area (Å²) in [5.74, 6) is -1.44. The number of carbonyl (C=O) groups is 4. The summed E-state index contributed by atoms with van der Waals surface area (Å²) in [7, 11) is 0.